The molecule has 0 aliphatic carbocycles. The number of pyridine rings is 1. The molecule has 2 atom stereocenters. The fourth-order valence-corrected chi connectivity index (χ4v) is 6.53. The maximum atomic E-state index is 14.3. The minimum atomic E-state index is -3.88. The van der Waals surface area contributed by atoms with E-state index >= 15 is 0 Å². The Morgan fingerprint density at radius 2 is 1.64 bits per heavy atom. The van der Waals surface area contributed by atoms with Gasteiger partial charge in [-0.2, -0.15) is 4.31 Å². The quantitative estimate of drug-likeness (QED) is 0.438. The molecule has 33 heavy (non-hydrogen) atoms. The van der Waals surface area contributed by atoms with Gasteiger partial charge in [-0.3, -0.25) is 4.98 Å². The van der Waals surface area contributed by atoms with Crippen molar-refractivity contribution in [2.45, 2.75) is 36.4 Å². The van der Waals surface area contributed by atoms with Crippen LogP contribution in [0.1, 0.15) is 16.7 Å². The van der Waals surface area contributed by atoms with E-state index in [9.17, 15) is 8.42 Å². The summed E-state index contributed by atoms with van der Waals surface area (Å²) in [5.74, 6) is 0. The Hall–Kier alpha value is -3.06. The minimum absolute atomic E-state index is 0.230. The first-order valence-corrected chi connectivity index (χ1v) is 12.5. The van der Waals surface area contributed by atoms with E-state index in [-0.39, 0.29) is 17.0 Å². The van der Waals surface area contributed by atoms with Crippen LogP contribution in [-0.4, -0.2) is 37.0 Å². The van der Waals surface area contributed by atoms with Crippen LogP contribution in [0, 0.1) is 0 Å². The number of ether oxygens (including phenoxy) is 1. The molecule has 0 saturated carbocycles. The number of methoxy groups -OCH3 is 1. The fraction of sp³-hybridized carbons (Fsp3) is 0.222. The van der Waals surface area contributed by atoms with Crippen LogP contribution in [-0.2, 0) is 34.1 Å². The van der Waals surface area contributed by atoms with Crippen molar-refractivity contribution in [2.24, 2.45) is 0 Å². The van der Waals surface area contributed by atoms with E-state index in [2.05, 4.69) is 11.1 Å². The van der Waals surface area contributed by atoms with E-state index in [4.69, 9.17) is 4.74 Å². The predicted octanol–water partition coefficient (Wildman–Crippen LogP) is 4.61. The number of sulfonamides is 1. The maximum absolute atomic E-state index is 14.3. The van der Waals surface area contributed by atoms with Crippen LogP contribution >= 0.6 is 0 Å². The molecule has 4 aromatic rings. The summed E-state index contributed by atoms with van der Waals surface area (Å²) in [4.78, 5) is 4.65. The van der Waals surface area contributed by atoms with Crippen LogP contribution in [0.2, 0.25) is 0 Å². The van der Waals surface area contributed by atoms with Crippen molar-refractivity contribution in [1.82, 2.24) is 9.29 Å². The minimum Gasteiger partial charge on any atom is -0.379 e. The first kappa shape index (κ1) is 21.8. The Morgan fingerprint density at radius 1 is 0.909 bits per heavy atom. The van der Waals surface area contributed by atoms with Crippen LogP contribution in [0.25, 0.3) is 10.9 Å². The van der Waals surface area contributed by atoms with E-state index in [1.54, 1.807) is 29.7 Å². The summed E-state index contributed by atoms with van der Waals surface area (Å²) in [5, 5.41) is 0.802. The zero-order valence-electron chi connectivity index (χ0n) is 18.5. The molecule has 0 N–H and O–H groups in total. The van der Waals surface area contributed by atoms with E-state index in [0.717, 1.165) is 22.1 Å². The fourth-order valence-electron chi connectivity index (χ4n) is 4.74. The van der Waals surface area contributed by atoms with Gasteiger partial charge in [-0.1, -0.05) is 72.8 Å². The molecule has 0 fully saturated rings. The topological polar surface area (TPSA) is 59.5 Å². The first-order valence-electron chi connectivity index (χ1n) is 11.1. The molecule has 0 saturated heterocycles. The lowest BCUT2D eigenvalue weighted by atomic mass is 9.96. The average Bonchev–Trinajstić information content (AvgIpc) is 3.01. The lowest BCUT2D eigenvalue weighted by molar-refractivity contribution is 0.0451. The number of nitrogens with zero attached hydrogens (tertiary/aromatic N) is 2. The van der Waals surface area contributed by atoms with E-state index in [1.807, 2.05) is 66.7 Å². The van der Waals surface area contributed by atoms with Gasteiger partial charge in [-0.25, -0.2) is 8.42 Å². The second-order valence-electron chi connectivity index (χ2n) is 8.39. The third kappa shape index (κ3) is 4.17. The lowest BCUT2D eigenvalue weighted by Gasteiger charge is -2.34. The van der Waals surface area contributed by atoms with E-state index < -0.39 is 10.0 Å². The van der Waals surface area contributed by atoms with Crippen LogP contribution in [0.4, 0.5) is 0 Å². The van der Waals surface area contributed by atoms with Crippen LogP contribution in [0.3, 0.4) is 0 Å². The molecule has 3 aromatic carbocycles. The molecular formula is C27H26N2O3S. The molecule has 5 nitrogen and oxygen atoms in total. The number of fused-ring (bicyclic) bond motifs is 2. The van der Waals surface area contributed by atoms with Gasteiger partial charge in [0.2, 0.25) is 10.0 Å². The predicted molar refractivity (Wildman–Crippen MR) is 129 cm³/mol. The van der Waals surface area contributed by atoms with Crippen LogP contribution in [0.5, 0.6) is 0 Å². The number of aromatic nitrogens is 1. The normalized spacial score (nSPS) is 19.2. The molecule has 0 unspecified atom stereocenters. The molecule has 0 bridgehead atoms. The van der Waals surface area contributed by atoms with Crippen molar-refractivity contribution < 1.29 is 13.2 Å². The zero-order chi connectivity index (χ0) is 22.8. The zero-order valence-corrected chi connectivity index (χ0v) is 19.3. The Balaban J connectivity index is 1.67. The molecule has 1 aliphatic heterocycles. The van der Waals surface area contributed by atoms with Crippen molar-refractivity contribution >= 4 is 20.9 Å². The van der Waals surface area contributed by atoms with Gasteiger partial charge < -0.3 is 4.74 Å². The van der Waals surface area contributed by atoms with Crippen molar-refractivity contribution in [3.63, 3.8) is 0 Å². The Kier molecular flexibility index (Phi) is 5.98. The van der Waals surface area contributed by atoms with Crippen LogP contribution < -0.4 is 0 Å². The molecule has 168 valence electrons. The monoisotopic (exact) mass is 458 g/mol. The number of hydrogen-bond donors (Lipinski definition) is 0. The van der Waals surface area contributed by atoms with Gasteiger partial charge in [-0.05, 0) is 35.2 Å². The molecule has 2 heterocycles. The second kappa shape index (κ2) is 9.06. The maximum Gasteiger partial charge on any atom is 0.245 e. The van der Waals surface area contributed by atoms with Gasteiger partial charge >= 0.3 is 0 Å². The van der Waals surface area contributed by atoms with Gasteiger partial charge in [0, 0.05) is 31.7 Å². The molecular weight excluding hydrogens is 432 g/mol. The van der Waals surface area contributed by atoms with Crippen molar-refractivity contribution in [1.29, 1.82) is 0 Å². The number of para-hydroxylation sites is 1. The Labute approximate surface area is 194 Å². The smallest absolute Gasteiger partial charge is 0.245 e. The summed E-state index contributed by atoms with van der Waals surface area (Å²) in [6.07, 6.45) is 2.57. The van der Waals surface area contributed by atoms with E-state index in [1.165, 1.54) is 0 Å². The highest BCUT2D eigenvalue weighted by Crippen LogP contribution is 2.33. The number of rotatable bonds is 5. The number of hydrogen-bond acceptors (Lipinski definition) is 4. The molecule has 0 radical (unpaired) electrons. The summed E-state index contributed by atoms with van der Waals surface area (Å²) >= 11 is 0. The molecule has 1 aliphatic rings. The van der Waals surface area contributed by atoms with Gasteiger partial charge in [0.25, 0.3) is 0 Å². The van der Waals surface area contributed by atoms with Gasteiger partial charge in [-0.15, -0.1) is 0 Å². The Morgan fingerprint density at radius 3 is 2.42 bits per heavy atom. The molecule has 6 heteroatoms. The first-order chi connectivity index (χ1) is 16.1. The second-order valence-corrected chi connectivity index (χ2v) is 10.2. The molecule has 0 amide bonds. The molecule has 5 rings (SSSR count). The van der Waals surface area contributed by atoms with Gasteiger partial charge in [0.1, 0.15) is 4.90 Å². The lowest BCUT2D eigenvalue weighted by Crippen LogP contribution is -2.47. The van der Waals surface area contributed by atoms with Gasteiger partial charge in [0.05, 0.1) is 17.7 Å². The Bertz CT molecular complexity index is 1370. The summed E-state index contributed by atoms with van der Waals surface area (Å²) < 4.78 is 36.1. The molecule has 1 aromatic heterocycles. The molecule has 0 spiro atoms. The SMILES string of the molecule is CO[C@@H]1Cc2ccccc2CN(S(=O)(=O)c2cccc3cccnc23)[C@@H]1Cc1ccccc1. The van der Waals surface area contributed by atoms with Crippen molar-refractivity contribution in [3.8, 4) is 0 Å². The number of benzene rings is 3. The van der Waals surface area contributed by atoms with Crippen LogP contribution in [0.15, 0.2) is 96.0 Å². The highest BCUT2D eigenvalue weighted by atomic mass is 32.2. The summed E-state index contributed by atoms with van der Waals surface area (Å²) in [7, 11) is -2.21. The largest absolute Gasteiger partial charge is 0.379 e. The highest BCUT2D eigenvalue weighted by molar-refractivity contribution is 7.89. The van der Waals surface area contributed by atoms with E-state index in [0.29, 0.717) is 24.9 Å². The van der Waals surface area contributed by atoms with Crippen molar-refractivity contribution in [3.05, 3.63) is 108 Å². The summed E-state index contributed by atoms with van der Waals surface area (Å²) in [5.41, 5.74) is 3.69. The standard InChI is InChI=1S/C27H26N2O3S/c1-32-25-18-22-11-5-6-12-23(22)19-29(24(25)17-20-9-3-2-4-10-20)33(30,31)26-15-7-13-21-14-8-16-28-27(21)26/h2-16,24-25H,17-19H2,1H3/t24-,25-/m1/s1. The summed E-state index contributed by atoms with van der Waals surface area (Å²) in [6.45, 7) is 0.291. The summed E-state index contributed by atoms with van der Waals surface area (Å²) in [6, 6.07) is 26.7. The van der Waals surface area contributed by atoms with Gasteiger partial charge in [0.15, 0.2) is 0 Å². The average molecular weight is 459 g/mol. The van der Waals surface area contributed by atoms with Crippen molar-refractivity contribution in [2.75, 3.05) is 7.11 Å². The third-order valence-corrected chi connectivity index (χ3v) is 8.34. The third-order valence-electron chi connectivity index (χ3n) is 6.44. The highest BCUT2D eigenvalue weighted by Gasteiger charge is 2.40.